The average molecular weight is 331 g/mol. The molecule has 8 heteroatoms. The van der Waals surface area contributed by atoms with Crippen molar-refractivity contribution >= 4 is 5.82 Å². The highest BCUT2D eigenvalue weighted by atomic mass is 19.4. The summed E-state index contributed by atoms with van der Waals surface area (Å²) in [5.41, 5.74) is 0.325. The number of nitrogens with one attached hydrogen (secondary N) is 1. The third kappa shape index (κ3) is 3.83. The van der Waals surface area contributed by atoms with Gasteiger partial charge in [0, 0.05) is 43.1 Å². The van der Waals surface area contributed by atoms with Gasteiger partial charge in [-0.25, -0.2) is 9.97 Å². The van der Waals surface area contributed by atoms with Crippen LogP contribution < -0.4 is 5.32 Å². The first-order chi connectivity index (χ1) is 11.5. The maximum absolute atomic E-state index is 12.8. The lowest BCUT2D eigenvalue weighted by Gasteiger charge is -2.09. The van der Waals surface area contributed by atoms with E-state index < -0.39 is 11.7 Å². The molecule has 0 amide bonds. The van der Waals surface area contributed by atoms with Crippen LogP contribution in [0.15, 0.2) is 55.2 Å². The number of anilines is 1. The van der Waals surface area contributed by atoms with Gasteiger partial charge >= 0.3 is 6.18 Å². The average Bonchev–Trinajstić information content (AvgIpc) is 2.60. The highest BCUT2D eigenvalue weighted by Crippen LogP contribution is 2.30. The molecule has 1 N–H and O–H groups in total. The largest absolute Gasteiger partial charge is 0.417 e. The van der Waals surface area contributed by atoms with E-state index in [0.29, 0.717) is 12.4 Å². The number of aromatic nitrogens is 4. The molecule has 0 aliphatic rings. The van der Waals surface area contributed by atoms with Gasteiger partial charge in [0.15, 0.2) is 5.82 Å². The van der Waals surface area contributed by atoms with Gasteiger partial charge in [0.05, 0.1) is 5.56 Å². The molecule has 122 valence electrons. The summed E-state index contributed by atoms with van der Waals surface area (Å²) in [6.07, 6.45) is 2.48. The third-order valence-electron chi connectivity index (χ3n) is 3.18. The zero-order chi connectivity index (χ0) is 17.0. The van der Waals surface area contributed by atoms with Crippen LogP contribution in [0.3, 0.4) is 0 Å². The van der Waals surface area contributed by atoms with Crippen LogP contribution in [-0.4, -0.2) is 19.9 Å². The summed E-state index contributed by atoms with van der Waals surface area (Å²) in [6, 6.07) is 6.34. The van der Waals surface area contributed by atoms with E-state index >= 15 is 0 Å². The molecule has 0 fully saturated rings. The van der Waals surface area contributed by atoms with Gasteiger partial charge in [0.2, 0.25) is 0 Å². The van der Waals surface area contributed by atoms with Crippen LogP contribution in [0, 0.1) is 0 Å². The Bertz CT molecular complexity index is 821. The number of hydrogen-bond donors (Lipinski definition) is 1. The number of rotatable bonds is 4. The Labute approximate surface area is 135 Å². The molecular formula is C16H12F3N5. The molecule has 0 aliphatic carbocycles. The fraction of sp³-hybridized carbons (Fsp3) is 0.125. The number of hydrogen-bond acceptors (Lipinski definition) is 5. The van der Waals surface area contributed by atoms with E-state index in [2.05, 4.69) is 25.3 Å². The third-order valence-corrected chi connectivity index (χ3v) is 3.18. The second-order valence-corrected chi connectivity index (χ2v) is 4.94. The lowest BCUT2D eigenvalue weighted by atomic mass is 10.2. The highest BCUT2D eigenvalue weighted by molar-refractivity contribution is 5.56. The van der Waals surface area contributed by atoms with Gasteiger partial charge in [-0.2, -0.15) is 13.2 Å². The van der Waals surface area contributed by atoms with Crippen molar-refractivity contribution in [2.24, 2.45) is 0 Å². The van der Waals surface area contributed by atoms with Crippen LogP contribution in [0.2, 0.25) is 0 Å². The molecule has 0 atom stereocenters. The summed E-state index contributed by atoms with van der Waals surface area (Å²) in [5.74, 6) is 0.672. The van der Waals surface area contributed by atoms with Gasteiger partial charge in [0.1, 0.15) is 5.82 Å². The summed E-state index contributed by atoms with van der Waals surface area (Å²) in [5, 5.41) is 3.08. The number of alkyl halides is 3. The molecule has 0 aromatic carbocycles. The molecule has 5 nitrogen and oxygen atoms in total. The Balaban J connectivity index is 1.80. The topological polar surface area (TPSA) is 63.6 Å². The van der Waals surface area contributed by atoms with Crippen molar-refractivity contribution in [3.05, 3.63) is 66.4 Å². The Morgan fingerprint density at radius 1 is 1.00 bits per heavy atom. The summed E-state index contributed by atoms with van der Waals surface area (Å²) in [6.45, 7) is 0.491. The molecular weight excluding hydrogens is 319 g/mol. The fourth-order valence-corrected chi connectivity index (χ4v) is 2.01. The second-order valence-electron chi connectivity index (χ2n) is 4.94. The predicted molar refractivity (Wildman–Crippen MR) is 81.8 cm³/mol. The second kappa shape index (κ2) is 6.61. The van der Waals surface area contributed by atoms with Crippen molar-refractivity contribution in [1.82, 2.24) is 19.9 Å². The molecule has 0 saturated heterocycles. The Morgan fingerprint density at radius 2 is 1.88 bits per heavy atom. The fourth-order valence-electron chi connectivity index (χ4n) is 2.01. The molecule has 0 saturated carbocycles. The molecule has 0 aliphatic heterocycles. The van der Waals surface area contributed by atoms with Crippen LogP contribution in [0.1, 0.15) is 11.1 Å². The summed E-state index contributed by atoms with van der Waals surface area (Å²) >= 11 is 0. The molecule has 3 aromatic heterocycles. The Morgan fingerprint density at radius 3 is 2.62 bits per heavy atom. The van der Waals surface area contributed by atoms with Crippen LogP contribution in [0.25, 0.3) is 11.4 Å². The molecule has 0 bridgehead atoms. The smallest absolute Gasteiger partial charge is 0.366 e. The molecule has 0 spiro atoms. The predicted octanol–water partition coefficient (Wildman–Crippen LogP) is 3.56. The molecule has 3 aromatic rings. The van der Waals surface area contributed by atoms with E-state index in [0.717, 1.165) is 17.8 Å². The Kier molecular flexibility index (Phi) is 4.37. The van der Waals surface area contributed by atoms with Crippen LogP contribution in [0.5, 0.6) is 0 Å². The van der Waals surface area contributed by atoms with Crippen molar-refractivity contribution in [1.29, 1.82) is 0 Å². The van der Waals surface area contributed by atoms with Gasteiger partial charge in [-0.15, -0.1) is 0 Å². The SMILES string of the molecule is FC(F)(F)c1cncc(-c2nccc(NCc3cccnc3)n2)c1. The summed E-state index contributed by atoms with van der Waals surface area (Å²) in [4.78, 5) is 15.9. The van der Waals surface area contributed by atoms with Crippen molar-refractivity contribution < 1.29 is 13.2 Å². The van der Waals surface area contributed by atoms with Crippen LogP contribution >= 0.6 is 0 Å². The lowest BCUT2D eigenvalue weighted by molar-refractivity contribution is -0.137. The van der Waals surface area contributed by atoms with E-state index in [1.165, 1.54) is 12.4 Å². The maximum Gasteiger partial charge on any atom is 0.417 e. The first-order valence-electron chi connectivity index (χ1n) is 7.01. The van der Waals surface area contributed by atoms with Crippen molar-refractivity contribution in [2.45, 2.75) is 12.7 Å². The van der Waals surface area contributed by atoms with Gasteiger partial charge < -0.3 is 5.32 Å². The zero-order valence-electron chi connectivity index (χ0n) is 12.3. The van der Waals surface area contributed by atoms with Crippen LogP contribution in [-0.2, 0) is 12.7 Å². The molecule has 0 unspecified atom stereocenters. The van der Waals surface area contributed by atoms with E-state index in [9.17, 15) is 13.2 Å². The summed E-state index contributed by atoms with van der Waals surface area (Å²) in [7, 11) is 0. The van der Waals surface area contributed by atoms with Crippen molar-refractivity contribution in [3.63, 3.8) is 0 Å². The number of pyridine rings is 2. The normalized spacial score (nSPS) is 11.3. The van der Waals surface area contributed by atoms with E-state index in [1.54, 1.807) is 18.5 Å². The van der Waals surface area contributed by atoms with Crippen molar-refractivity contribution in [3.8, 4) is 11.4 Å². The van der Waals surface area contributed by atoms with E-state index in [-0.39, 0.29) is 11.4 Å². The first-order valence-corrected chi connectivity index (χ1v) is 7.01. The van der Waals surface area contributed by atoms with Gasteiger partial charge in [-0.3, -0.25) is 9.97 Å². The molecule has 0 radical (unpaired) electrons. The minimum absolute atomic E-state index is 0.171. The number of halogens is 3. The highest BCUT2D eigenvalue weighted by Gasteiger charge is 2.31. The van der Waals surface area contributed by atoms with Crippen molar-refractivity contribution in [2.75, 3.05) is 5.32 Å². The maximum atomic E-state index is 12.8. The quantitative estimate of drug-likeness (QED) is 0.792. The first kappa shape index (κ1) is 15.9. The molecule has 3 rings (SSSR count). The van der Waals surface area contributed by atoms with E-state index in [1.807, 2.05) is 12.1 Å². The monoisotopic (exact) mass is 331 g/mol. The van der Waals surface area contributed by atoms with Gasteiger partial charge in [-0.1, -0.05) is 6.07 Å². The molecule has 3 heterocycles. The minimum atomic E-state index is -4.46. The standard InChI is InChI=1S/C16H12F3N5/c17-16(18,19)13-6-12(9-21-10-13)15-22-5-3-14(24-15)23-8-11-2-1-4-20-7-11/h1-7,9-10H,8H2,(H,22,23,24). The van der Waals surface area contributed by atoms with E-state index in [4.69, 9.17) is 0 Å². The van der Waals surface area contributed by atoms with Gasteiger partial charge in [-0.05, 0) is 23.8 Å². The van der Waals surface area contributed by atoms with Crippen LogP contribution in [0.4, 0.5) is 19.0 Å². The zero-order valence-corrected chi connectivity index (χ0v) is 12.3. The number of nitrogens with zero attached hydrogens (tertiary/aromatic N) is 4. The lowest BCUT2D eigenvalue weighted by Crippen LogP contribution is -2.06. The Hall–Kier alpha value is -3.03. The molecule has 24 heavy (non-hydrogen) atoms. The minimum Gasteiger partial charge on any atom is -0.366 e. The van der Waals surface area contributed by atoms with Gasteiger partial charge in [0.25, 0.3) is 0 Å². The summed E-state index contributed by atoms with van der Waals surface area (Å²) < 4.78 is 38.3.